The van der Waals surface area contributed by atoms with Gasteiger partial charge in [-0.3, -0.25) is 4.79 Å². The molecule has 0 aliphatic carbocycles. The van der Waals surface area contributed by atoms with Crippen LogP contribution in [0.1, 0.15) is 6.92 Å². The van der Waals surface area contributed by atoms with Crippen molar-refractivity contribution in [3.8, 4) is 0 Å². The standard InChI is InChI=1S/C11H9Br2FN2O/c1-2-16-4-6(12)11(17)5-3-7(14)9(15)8(13)10(5)16/h3-4H,2,15H2,1H3. The molecule has 0 saturated heterocycles. The van der Waals surface area contributed by atoms with E-state index in [9.17, 15) is 9.18 Å². The molecule has 0 aliphatic heterocycles. The molecule has 0 aliphatic rings. The summed E-state index contributed by atoms with van der Waals surface area (Å²) < 4.78 is 16.2. The molecule has 0 bridgehead atoms. The number of fused-ring (bicyclic) bond motifs is 1. The molecule has 6 heteroatoms. The molecule has 17 heavy (non-hydrogen) atoms. The Labute approximate surface area is 114 Å². The number of aryl methyl sites for hydroxylation is 1. The molecule has 2 aromatic rings. The third-order valence-electron chi connectivity index (χ3n) is 2.59. The topological polar surface area (TPSA) is 48.0 Å². The first-order valence-electron chi connectivity index (χ1n) is 4.93. The number of nitrogens with two attached hydrogens (primary N) is 1. The summed E-state index contributed by atoms with van der Waals surface area (Å²) in [4.78, 5) is 11.9. The summed E-state index contributed by atoms with van der Waals surface area (Å²) in [7, 11) is 0. The normalized spacial score (nSPS) is 11.1. The predicted molar refractivity (Wildman–Crippen MR) is 73.7 cm³/mol. The third kappa shape index (κ3) is 1.89. The molecule has 0 amide bonds. The highest BCUT2D eigenvalue weighted by atomic mass is 79.9. The Morgan fingerprint density at radius 2 is 2.12 bits per heavy atom. The summed E-state index contributed by atoms with van der Waals surface area (Å²) in [6.07, 6.45) is 1.67. The minimum atomic E-state index is -0.595. The minimum Gasteiger partial charge on any atom is -0.395 e. The van der Waals surface area contributed by atoms with Crippen LogP contribution in [0.15, 0.2) is 26.0 Å². The number of anilines is 1. The largest absolute Gasteiger partial charge is 0.395 e. The number of halogens is 3. The molecule has 0 fully saturated rings. The zero-order chi connectivity index (χ0) is 12.7. The minimum absolute atomic E-state index is 0.0152. The number of hydrogen-bond donors (Lipinski definition) is 1. The number of benzene rings is 1. The van der Waals surface area contributed by atoms with Crippen molar-refractivity contribution in [2.75, 3.05) is 5.73 Å². The van der Waals surface area contributed by atoms with E-state index in [1.54, 1.807) is 6.20 Å². The van der Waals surface area contributed by atoms with E-state index < -0.39 is 5.82 Å². The Morgan fingerprint density at radius 1 is 1.47 bits per heavy atom. The molecule has 1 aromatic heterocycles. The van der Waals surface area contributed by atoms with Crippen molar-refractivity contribution in [3.63, 3.8) is 0 Å². The van der Waals surface area contributed by atoms with Crippen molar-refractivity contribution < 1.29 is 4.39 Å². The van der Waals surface area contributed by atoms with E-state index in [1.165, 1.54) is 6.07 Å². The van der Waals surface area contributed by atoms with Crippen molar-refractivity contribution in [1.82, 2.24) is 4.57 Å². The Kier molecular flexibility index (Phi) is 3.27. The fraction of sp³-hybridized carbons (Fsp3) is 0.182. The van der Waals surface area contributed by atoms with E-state index in [4.69, 9.17) is 5.73 Å². The van der Waals surface area contributed by atoms with E-state index >= 15 is 0 Å². The van der Waals surface area contributed by atoms with Crippen LogP contribution in [0.2, 0.25) is 0 Å². The molecule has 0 unspecified atom stereocenters. The molecule has 0 spiro atoms. The first kappa shape index (κ1) is 12.6. The summed E-state index contributed by atoms with van der Waals surface area (Å²) in [6, 6.07) is 1.18. The average molecular weight is 364 g/mol. The number of pyridine rings is 1. The molecule has 3 nitrogen and oxygen atoms in total. The lowest BCUT2D eigenvalue weighted by molar-refractivity contribution is 0.633. The molecule has 1 heterocycles. The smallest absolute Gasteiger partial charge is 0.203 e. The van der Waals surface area contributed by atoms with Crippen molar-refractivity contribution >= 4 is 48.5 Å². The van der Waals surface area contributed by atoms with Crippen molar-refractivity contribution in [2.24, 2.45) is 0 Å². The number of aromatic nitrogens is 1. The van der Waals surface area contributed by atoms with Gasteiger partial charge in [-0.05, 0) is 44.8 Å². The summed E-state index contributed by atoms with van der Waals surface area (Å²) in [6.45, 7) is 2.58. The van der Waals surface area contributed by atoms with Crippen LogP contribution in [-0.4, -0.2) is 4.57 Å². The SMILES string of the molecule is CCn1cc(Br)c(=O)c2cc(F)c(N)c(Br)c21. The molecular formula is C11H9Br2FN2O. The molecule has 0 radical (unpaired) electrons. The Hall–Kier alpha value is -0.880. The van der Waals surface area contributed by atoms with Crippen LogP contribution in [-0.2, 0) is 6.54 Å². The molecule has 2 N–H and O–H groups in total. The maximum atomic E-state index is 13.5. The van der Waals surface area contributed by atoms with Gasteiger partial charge in [-0.1, -0.05) is 0 Å². The second-order valence-electron chi connectivity index (χ2n) is 3.57. The van der Waals surface area contributed by atoms with E-state index in [2.05, 4.69) is 31.9 Å². The van der Waals surface area contributed by atoms with Gasteiger partial charge >= 0.3 is 0 Å². The Morgan fingerprint density at radius 3 is 2.71 bits per heavy atom. The van der Waals surface area contributed by atoms with Gasteiger partial charge in [0, 0.05) is 12.7 Å². The van der Waals surface area contributed by atoms with Gasteiger partial charge in [-0.15, -0.1) is 0 Å². The molecule has 90 valence electrons. The highest BCUT2D eigenvalue weighted by molar-refractivity contribution is 9.11. The van der Waals surface area contributed by atoms with Gasteiger partial charge in [-0.25, -0.2) is 4.39 Å². The second kappa shape index (κ2) is 4.42. The Balaban J connectivity index is 3.09. The maximum absolute atomic E-state index is 13.5. The van der Waals surface area contributed by atoms with Crippen LogP contribution >= 0.6 is 31.9 Å². The number of hydrogen-bond acceptors (Lipinski definition) is 2. The second-order valence-corrected chi connectivity index (χ2v) is 5.22. The highest BCUT2D eigenvalue weighted by Gasteiger charge is 2.15. The van der Waals surface area contributed by atoms with E-state index in [-0.39, 0.29) is 11.1 Å². The molecular weight excluding hydrogens is 355 g/mol. The maximum Gasteiger partial charge on any atom is 0.203 e. The molecule has 1 aromatic carbocycles. The fourth-order valence-corrected chi connectivity index (χ4v) is 2.81. The quantitative estimate of drug-likeness (QED) is 0.790. The van der Waals surface area contributed by atoms with Crippen LogP contribution in [0.3, 0.4) is 0 Å². The zero-order valence-electron chi connectivity index (χ0n) is 8.93. The molecule has 2 rings (SSSR count). The third-order valence-corrected chi connectivity index (χ3v) is 3.95. The predicted octanol–water partition coefficient (Wildman–Crippen LogP) is 3.27. The summed E-state index contributed by atoms with van der Waals surface area (Å²) in [5.74, 6) is -0.595. The van der Waals surface area contributed by atoms with Crippen molar-refractivity contribution in [2.45, 2.75) is 13.5 Å². The number of rotatable bonds is 1. The van der Waals surface area contributed by atoms with Crippen LogP contribution in [0, 0.1) is 5.82 Å². The van der Waals surface area contributed by atoms with Gasteiger partial charge in [0.1, 0.15) is 5.82 Å². The number of nitrogens with zero attached hydrogens (tertiary/aromatic N) is 1. The van der Waals surface area contributed by atoms with Gasteiger partial charge in [0.05, 0.1) is 25.5 Å². The van der Waals surface area contributed by atoms with Crippen molar-refractivity contribution in [1.29, 1.82) is 0 Å². The van der Waals surface area contributed by atoms with Crippen LogP contribution in [0.5, 0.6) is 0 Å². The summed E-state index contributed by atoms with van der Waals surface area (Å²) in [5, 5.41) is 0.305. The van der Waals surface area contributed by atoms with Gasteiger partial charge in [0.25, 0.3) is 0 Å². The van der Waals surface area contributed by atoms with E-state index in [1.807, 2.05) is 11.5 Å². The van der Waals surface area contributed by atoms with Crippen LogP contribution in [0.25, 0.3) is 10.9 Å². The van der Waals surface area contributed by atoms with E-state index in [0.717, 1.165) is 0 Å². The van der Waals surface area contributed by atoms with Crippen LogP contribution in [0.4, 0.5) is 10.1 Å². The molecule has 0 saturated carbocycles. The van der Waals surface area contributed by atoms with Gasteiger partial charge in [0.2, 0.25) is 5.43 Å². The lowest BCUT2D eigenvalue weighted by atomic mass is 10.2. The number of nitrogen functional groups attached to an aromatic ring is 1. The van der Waals surface area contributed by atoms with Gasteiger partial charge in [-0.2, -0.15) is 0 Å². The first-order valence-corrected chi connectivity index (χ1v) is 6.52. The first-order chi connectivity index (χ1) is 7.97. The van der Waals surface area contributed by atoms with Gasteiger partial charge < -0.3 is 10.3 Å². The van der Waals surface area contributed by atoms with E-state index in [0.29, 0.717) is 26.4 Å². The summed E-state index contributed by atoms with van der Waals surface area (Å²) in [5.41, 5.74) is 5.99. The average Bonchev–Trinajstić information content (AvgIpc) is 2.31. The van der Waals surface area contributed by atoms with Crippen molar-refractivity contribution in [3.05, 3.63) is 37.2 Å². The van der Waals surface area contributed by atoms with Crippen LogP contribution < -0.4 is 11.2 Å². The van der Waals surface area contributed by atoms with Gasteiger partial charge in [0.15, 0.2) is 0 Å². The molecule has 0 atom stereocenters. The lowest BCUT2D eigenvalue weighted by Gasteiger charge is -2.12. The monoisotopic (exact) mass is 362 g/mol. The Bertz CT molecular complexity index is 667. The zero-order valence-corrected chi connectivity index (χ0v) is 12.1. The fourth-order valence-electron chi connectivity index (χ4n) is 1.72. The summed E-state index contributed by atoms with van der Waals surface area (Å²) >= 11 is 6.42. The highest BCUT2D eigenvalue weighted by Crippen LogP contribution is 2.31. The lowest BCUT2D eigenvalue weighted by Crippen LogP contribution is -2.11.